The summed E-state index contributed by atoms with van der Waals surface area (Å²) in [5.41, 5.74) is 3.14. The van der Waals surface area contributed by atoms with Crippen LogP contribution in [0.4, 0.5) is 5.82 Å². The average molecular weight is 374 g/mol. The molecule has 5 nitrogen and oxygen atoms in total. The summed E-state index contributed by atoms with van der Waals surface area (Å²) in [7, 11) is 0. The number of rotatable bonds is 6. The van der Waals surface area contributed by atoms with Crippen molar-refractivity contribution in [2.75, 3.05) is 18.4 Å². The zero-order valence-corrected chi connectivity index (χ0v) is 16.4. The van der Waals surface area contributed by atoms with E-state index in [-0.39, 0.29) is 6.17 Å². The maximum Gasteiger partial charge on any atom is 0.182 e. The SMILES string of the molecule is CC(Nc1nnc(-c2ccccc2)nc1Cc1ccccc1)N1CCCCC1. The highest BCUT2D eigenvalue weighted by atomic mass is 15.3. The van der Waals surface area contributed by atoms with E-state index in [1.165, 1.54) is 24.8 Å². The van der Waals surface area contributed by atoms with E-state index in [2.05, 4.69) is 51.6 Å². The smallest absolute Gasteiger partial charge is 0.182 e. The molecule has 28 heavy (non-hydrogen) atoms. The van der Waals surface area contributed by atoms with E-state index in [4.69, 9.17) is 4.98 Å². The van der Waals surface area contributed by atoms with Crippen LogP contribution in [0.25, 0.3) is 11.4 Å². The largest absolute Gasteiger partial charge is 0.352 e. The summed E-state index contributed by atoms with van der Waals surface area (Å²) < 4.78 is 0. The van der Waals surface area contributed by atoms with Crippen LogP contribution in [0, 0.1) is 0 Å². The predicted molar refractivity (Wildman–Crippen MR) is 113 cm³/mol. The predicted octanol–water partition coefficient (Wildman–Crippen LogP) is 4.37. The molecule has 1 unspecified atom stereocenters. The van der Waals surface area contributed by atoms with Crippen LogP contribution in [0.3, 0.4) is 0 Å². The van der Waals surface area contributed by atoms with Crippen molar-refractivity contribution >= 4 is 5.82 Å². The number of nitrogens with zero attached hydrogens (tertiary/aromatic N) is 4. The lowest BCUT2D eigenvalue weighted by Gasteiger charge is -2.33. The van der Waals surface area contributed by atoms with Crippen LogP contribution in [-0.4, -0.2) is 39.3 Å². The van der Waals surface area contributed by atoms with Gasteiger partial charge in [0.2, 0.25) is 0 Å². The molecule has 1 aliphatic heterocycles. The van der Waals surface area contributed by atoms with Gasteiger partial charge in [0, 0.05) is 25.1 Å². The topological polar surface area (TPSA) is 53.9 Å². The van der Waals surface area contributed by atoms with E-state index in [9.17, 15) is 0 Å². The van der Waals surface area contributed by atoms with Gasteiger partial charge in [0.05, 0.1) is 11.9 Å². The summed E-state index contributed by atoms with van der Waals surface area (Å²) in [4.78, 5) is 7.36. The first-order chi connectivity index (χ1) is 13.8. The normalized spacial score (nSPS) is 15.9. The molecule has 0 spiro atoms. The Morgan fingerprint density at radius 2 is 1.57 bits per heavy atom. The molecule has 1 atom stereocenters. The van der Waals surface area contributed by atoms with Crippen LogP contribution in [0.5, 0.6) is 0 Å². The average Bonchev–Trinajstić information content (AvgIpc) is 2.77. The van der Waals surface area contributed by atoms with Gasteiger partial charge in [-0.05, 0) is 25.3 Å². The van der Waals surface area contributed by atoms with Crippen LogP contribution < -0.4 is 5.32 Å². The van der Waals surface area contributed by atoms with Gasteiger partial charge in [0.1, 0.15) is 0 Å². The van der Waals surface area contributed by atoms with Crippen molar-refractivity contribution in [1.82, 2.24) is 20.1 Å². The van der Waals surface area contributed by atoms with E-state index >= 15 is 0 Å². The summed E-state index contributed by atoms with van der Waals surface area (Å²) in [5.74, 6) is 1.45. The summed E-state index contributed by atoms with van der Waals surface area (Å²) in [6.45, 7) is 4.46. The van der Waals surface area contributed by atoms with E-state index in [0.29, 0.717) is 5.82 Å². The van der Waals surface area contributed by atoms with Crippen LogP contribution in [-0.2, 0) is 6.42 Å². The van der Waals surface area contributed by atoms with E-state index in [1.807, 2.05) is 36.4 Å². The van der Waals surface area contributed by atoms with Gasteiger partial charge in [-0.3, -0.25) is 4.90 Å². The maximum absolute atomic E-state index is 4.88. The zero-order chi connectivity index (χ0) is 19.2. The molecule has 0 radical (unpaired) electrons. The lowest BCUT2D eigenvalue weighted by molar-refractivity contribution is 0.189. The van der Waals surface area contributed by atoms with Crippen LogP contribution in [0.1, 0.15) is 37.4 Å². The molecule has 2 heterocycles. The Morgan fingerprint density at radius 1 is 0.893 bits per heavy atom. The highest BCUT2D eigenvalue weighted by Crippen LogP contribution is 2.21. The number of likely N-dealkylation sites (tertiary alicyclic amines) is 1. The van der Waals surface area contributed by atoms with Crippen LogP contribution >= 0.6 is 0 Å². The van der Waals surface area contributed by atoms with Crippen molar-refractivity contribution in [3.05, 3.63) is 71.9 Å². The molecule has 0 aliphatic carbocycles. The van der Waals surface area contributed by atoms with Gasteiger partial charge in [0.25, 0.3) is 0 Å². The molecule has 0 bridgehead atoms. The van der Waals surface area contributed by atoms with Gasteiger partial charge < -0.3 is 5.32 Å². The summed E-state index contributed by atoms with van der Waals surface area (Å²) in [6, 6.07) is 20.5. The Hall–Kier alpha value is -2.79. The highest BCUT2D eigenvalue weighted by Gasteiger charge is 2.19. The lowest BCUT2D eigenvalue weighted by atomic mass is 10.1. The zero-order valence-electron chi connectivity index (χ0n) is 16.4. The minimum absolute atomic E-state index is 0.216. The third kappa shape index (κ3) is 4.54. The first kappa shape index (κ1) is 18.6. The first-order valence-electron chi connectivity index (χ1n) is 10.1. The number of benzene rings is 2. The van der Waals surface area contributed by atoms with Crippen molar-refractivity contribution in [3.63, 3.8) is 0 Å². The van der Waals surface area contributed by atoms with E-state index in [1.54, 1.807) is 0 Å². The molecule has 2 aromatic carbocycles. The summed E-state index contributed by atoms with van der Waals surface area (Å²) in [6.07, 6.45) is 4.80. The molecule has 5 heteroatoms. The second-order valence-corrected chi connectivity index (χ2v) is 7.38. The van der Waals surface area contributed by atoms with Crippen LogP contribution in [0.15, 0.2) is 60.7 Å². The number of anilines is 1. The fraction of sp³-hybridized carbons (Fsp3) is 0.348. The number of hydrogen-bond donors (Lipinski definition) is 1. The molecule has 1 aromatic heterocycles. The molecule has 144 valence electrons. The molecule has 1 saturated heterocycles. The highest BCUT2D eigenvalue weighted by molar-refractivity contribution is 5.56. The van der Waals surface area contributed by atoms with Crippen molar-refractivity contribution in [3.8, 4) is 11.4 Å². The third-order valence-corrected chi connectivity index (χ3v) is 5.29. The molecule has 1 N–H and O–H groups in total. The minimum Gasteiger partial charge on any atom is -0.352 e. The van der Waals surface area contributed by atoms with Gasteiger partial charge in [-0.25, -0.2) is 4.98 Å². The molecular weight excluding hydrogens is 346 g/mol. The van der Waals surface area contributed by atoms with E-state index < -0.39 is 0 Å². The number of aromatic nitrogens is 3. The van der Waals surface area contributed by atoms with Gasteiger partial charge in [-0.1, -0.05) is 67.1 Å². The van der Waals surface area contributed by atoms with Crippen molar-refractivity contribution < 1.29 is 0 Å². The molecule has 0 saturated carbocycles. The fourth-order valence-corrected chi connectivity index (χ4v) is 3.69. The Balaban J connectivity index is 1.62. The fourth-order valence-electron chi connectivity index (χ4n) is 3.69. The van der Waals surface area contributed by atoms with Crippen molar-refractivity contribution in [2.24, 2.45) is 0 Å². The quantitative estimate of drug-likeness (QED) is 0.695. The Kier molecular flexibility index (Phi) is 5.92. The number of nitrogens with one attached hydrogen (secondary N) is 1. The molecule has 4 rings (SSSR count). The van der Waals surface area contributed by atoms with Gasteiger partial charge in [-0.2, -0.15) is 0 Å². The Labute approximate surface area is 166 Å². The first-order valence-corrected chi connectivity index (χ1v) is 10.1. The standard InChI is InChI=1S/C23H27N5/c1-18(28-15-9-4-10-16-28)24-23-21(17-19-11-5-2-6-12-19)25-22(26-27-23)20-13-7-3-8-14-20/h2-3,5-8,11-14,18H,4,9-10,15-17H2,1H3,(H,24,27). The second kappa shape index (κ2) is 8.93. The van der Waals surface area contributed by atoms with Crippen molar-refractivity contribution in [1.29, 1.82) is 0 Å². The maximum atomic E-state index is 4.88. The monoisotopic (exact) mass is 373 g/mol. The van der Waals surface area contributed by atoms with Crippen molar-refractivity contribution in [2.45, 2.75) is 38.8 Å². The molecule has 1 aliphatic rings. The number of hydrogen-bond acceptors (Lipinski definition) is 5. The number of piperidine rings is 1. The lowest BCUT2D eigenvalue weighted by Crippen LogP contribution is -2.42. The second-order valence-electron chi connectivity index (χ2n) is 7.38. The van der Waals surface area contributed by atoms with Gasteiger partial charge >= 0.3 is 0 Å². The molecule has 3 aromatic rings. The van der Waals surface area contributed by atoms with Gasteiger partial charge in [0.15, 0.2) is 11.6 Å². The summed E-state index contributed by atoms with van der Waals surface area (Å²) in [5, 5.41) is 12.5. The Bertz CT molecular complexity index is 876. The Morgan fingerprint density at radius 3 is 2.29 bits per heavy atom. The minimum atomic E-state index is 0.216. The van der Waals surface area contributed by atoms with Gasteiger partial charge in [-0.15, -0.1) is 10.2 Å². The molecular formula is C23H27N5. The molecule has 0 amide bonds. The summed E-state index contributed by atoms with van der Waals surface area (Å²) >= 11 is 0. The van der Waals surface area contributed by atoms with E-state index in [0.717, 1.165) is 36.6 Å². The van der Waals surface area contributed by atoms with Crippen LogP contribution in [0.2, 0.25) is 0 Å². The molecule has 1 fully saturated rings. The third-order valence-electron chi connectivity index (χ3n) is 5.29.